The molecule has 1 fully saturated rings. The van der Waals surface area contributed by atoms with Crippen LogP contribution in [0.3, 0.4) is 0 Å². The Hall–Kier alpha value is -3.32. The van der Waals surface area contributed by atoms with Crippen LogP contribution in [0.25, 0.3) is 10.9 Å². The molecule has 3 atom stereocenters. The van der Waals surface area contributed by atoms with Gasteiger partial charge in [-0.2, -0.15) is 23.5 Å². The SMILES string of the molecule is N#CC1CCC[C@@H]1n1nc(Nc2ccc(C(N)C(F)(F)F)cc2)c2c(=O)[nH]ccc21. The van der Waals surface area contributed by atoms with Crippen molar-refractivity contribution in [3.63, 3.8) is 0 Å². The third-order valence-electron chi connectivity index (χ3n) is 5.47. The quantitative estimate of drug-likeness (QED) is 0.597. The normalized spacial score (nSPS) is 20.2. The van der Waals surface area contributed by atoms with Crippen molar-refractivity contribution < 1.29 is 13.2 Å². The highest BCUT2D eigenvalue weighted by Gasteiger charge is 2.37. The number of pyridine rings is 1. The maximum atomic E-state index is 12.8. The molecule has 0 amide bonds. The highest BCUT2D eigenvalue weighted by atomic mass is 19.4. The van der Waals surface area contributed by atoms with Crippen molar-refractivity contribution in [3.05, 3.63) is 52.4 Å². The average Bonchev–Trinajstić information content (AvgIpc) is 3.32. The number of rotatable bonds is 4. The Morgan fingerprint density at radius 1 is 1.27 bits per heavy atom. The average molecular weight is 416 g/mol. The summed E-state index contributed by atoms with van der Waals surface area (Å²) in [6.07, 6.45) is -0.552. The second-order valence-electron chi connectivity index (χ2n) is 7.36. The summed E-state index contributed by atoms with van der Waals surface area (Å²) < 4.78 is 40.1. The molecule has 30 heavy (non-hydrogen) atoms. The Morgan fingerprint density at radius 2 is 2.00 bits per heavy atom. The third-order valence-corrected chi connectivity index (χ3v) is 5.47. The number of nitrogens with one attached hydrogen (secondary N) is 2. The molecular weight excluding hydrogens is 397 g/mol. The number of halogens is 3. The van der Waals surface area contributed by atoms with Gasteiger partial charge in [0.05, 0.1) is 23.5 Å². The molecule has 7 nitrogen and oxygen atoms in total. The molecule has 1 saturated carbocycles. The summed E-state index contributed by atoms with van der Waals surface area (Å²) >= 11 is 0. The van der Waals surface area contributed by atoms with Crippen LogP contribution in [0.5, 0.6) is 0 Å². The van der Waals surface area contributed by atoms with E-state index in [1.165, 1.54) is 30.5 Å². The molecule has 0 aliphatic heterocycles. The maximum absolute atomic E-state index is 12.8. The number of hydrogen-bond donors (Lipinski definition) is 3. The minimum absolute atomic E-state index is 0.0656. The molecule has 0 radical (unpaired) electrons. The number of nitrogens with zero attached hydrogens (tertiary/aromatic N) is 3. The first-order chi connectivity index (χ1) is 14.3. The summed E-state index contributed by atoms with van der Waals surface area (Å²) in [4.78, 5) is 15.1. The summed E-state index contributed by atoms with van der Waals surface area (Å²) in [5.74, 6) is 0.0895. The van der Waals surface area contributed by atoms with Crippen molar-refractivity contribution in [2.45, 2.75) is 37.5 Å². The minimum atomic E-state index is -4.53. The number of aromatic nitrogens is 3. The van der Waals surface area contributed by atoms with Gasteiger partial charge in [-0.15, -0.1) is 0 Å². The van der Waals surface area contributed by atoms with Crippen molar-refractivity contribution in [3.8, 4) is 6.07 Å². The third kappa shape index (κ3) is 3.52. The predicted molar refractivity (Wildman–Crippen MR) is 105 cm³/mol. The first-order valence-electron chi connectivity index (χ1n) is 9.48. The maximum Gasteiger partial charge on any atom is 0.407 e. The molecule has 3 aromatic rings. The molecule has 156 valence electrons. The van der Waals surface area contributed by atoms with Crippen molar-refractivity contribution in [2.75, 3.05) is 5.32 Å². The van der Waals surface area contributed by atoms with Gasteiger partial charge in [0.15, 0.2) is 5.82 Å². The van der Waals surface area contributed by atoms with Crippen molar-refractivity contribution >= 4 is 22.4 Å². The Labute approximate surface area is 169 Å². The number of nitrogens with two attached hydrogens (primary N) is 1. The first-order valence-corrected chi connectivity index (χ1v) is 9.48. The van der Waals surface area contributed by atoms with E-state index >= 15 is 0 Å². The lowest BCUT2D eigenvalue weighted by Gasteiger charge is -2.16. The molecule has 10 heteroatoms. The zero-order chi connectivity index (χ0) is 21.5. The molecule has 4 N–H and O–H groups in total. The van der Waals surface area contributed by atoms with E-state index in [1.807, 2.05) is 0 Å². The fourth-order valence-electron chi connectivity index (χ4n) is 3.92. The predicted octanol–water partition coefficient (Wildman–Crippen LogP) is 3.90. The van der Waals surface area contributed by atoms with Crippen LogP contribution in [0.2, 0.25) is 0 Å². The van der Waals surface area contributed by atoms with Gasteiger partial charge in [-0.05, 0) is 43.0 Å². The summed E-state index contributed by atoms with van der Waals surface area (Å²) in [6.45, 7) is 0. The summed E-state index contributed by atoms with van der Waals surface area (Å²) in [7, 11) is 0. The summed E-state index contributed by atoms with van der Waals surface area (Å²) in [6, 6.07) is 7.31. The van der Waals surface area contributed by atoms with Gasteiger partial charge in [-0.25, -0.2) is 0 Å². The molecule has 2 heterocycles. The highest BCUT2D eigenvalue weighted by molar-refractivity contribution is 5.91. The van der Waals surface area contributed by atoms with Gasteiger partial charge in [0, 0.05) is 11.9 Å². The fourth-order valence-corrected chi connectivity index (χ4v) is 3.92. The van der Waals surface area contributed by atoms with E-state index < -0.39 is 12.2 Å². The van der Waals surface area contributed by atoms with Crippen molar-refractivity contribution in [1.82, 2.24) is 14.8 Å². The van der Waals surface area contributed by atoms with Crippen LogP contribution in [0, 0.1) is 17.2 Å². The lowest BCUT2D eigenvalue weighted by atomic mass is 10.1. The number of fused-ring (bicyclic) bond motifs is 1. The number of hydrogen-bond acceptors (Lipinski definition) is 5. The van der Waals surface area contributed by atoms with Gasteiger partial charge in [-0.1, -0.05) is 12.1 Å². The van der Waals surface area contributed by atoms with E-state index in [9.17, 15) is 23.2 Å². The van der Waals surface area contributed by atoms with Crippen LogP contribution in [0.15, 0.2) is 41.3 Å². The second kappa shape index (κ2) is 7.50. The Bertz CT molecular complexity index is 1160. The van der Waals surface area contributed by atoms with Gasteiger partial charge in [0.25, 0.3) is 5.56 Å². The highest BCUT2D eigenvalue weighted by Crippen LogP contribution is 2.38. The fraction of sp³-hybridized carbons (Fsp3) is 0.350. The summed E-state index contributed by atoms with van der Waals surface area (Å²) in [5, 5.41) is 17.3. The zero-order valence-corrected chi connectivity index (χ0v) is 15.8. The van der Waals surface area contributed by atoms with Crippen LogP contribution >= 0.6 is 0 Å². The number of anilines is 2. The van der Waals surface area contributed by atoms with Crippen molar-refractivity contribution in [2.24, 2.45) is 11.7 Å². The van der Waals surface area contributed by atoms with Gasteiger partial charge in [0.2, 0.25) is 0 Å². The minimum Gasteiger partial charge on any atom is -0.338 e. The Balaban J connectivity index is 1.70. The molecule has 0 spiro atoms. The van der Waals surface area contributed by atoms with E-state index in [4.69, 9.17) is 5.73 Å². The molecule has 2 unspecified atom stereocenters. The van der Waals surface area contributed by atoms with E-state index in [1.54, 1.807) is 10.7 Å². The lowest BCUT2D eigenvalue weighted by molar-refractivity contribution is -0.149. The molecule has 1 aliphatic rings. The molecule has 4 rings (SSSR count). The van der Waals surface area contributed by atoms with Gasteiger partial charge in [0.1, 0.15) is 11.4 Å². The molecular formula is C20H19F3N6O. The van der Waals surface area contributed by atoms with Crippen LogP contribution in [0.4, 0.5) is 24.7 Å². The van der Waals surface area contributed by atoms with E-state index in [0.717, 1.165) is 19.3 Å². The van der Waals surface area contributed by atoms with Crippen LogP contribution in [-0.2, 0) is 0 Å². The molecule has 2 aromatic heterocycles. The largest absolute Gasteiger partial charge is 0.407 e. The van der Waals surface area contributed by atoms with E-state index in [-0.39, 0.29) is 28.9 Å². The van der Waals surface area contributed by atoms with Crippen molar-refractivity contribution in [1.29, 1.82) is 5.26 Å². The number of H-pyrrole nitrogens is 1. The zero-order valence-electron chi connectivity index (χ0n) is 15.8. The van der Waals surface area contributed by atoms with Gasteiger partial charge in [-0.3, -0.25) is 9.48 Å². The molecule has 1 aromatic carbocycles. The number of aromatic amines is 1. The van der Waals surface area contributed by atoms with Gasteiger partial charge >= 0.3 is 6.18 Å². The van der Waals surface area contributed by atoms with E-state index in [2.05, 4.69) is 21.5 Å². The van der Waals surface area contributed by atoms with Crippen LogP contribution < -0.4 is 16.6 Å². The Kier molecular flexibility index (Phi) is 4.99. The summed E-state index contributed by atoms with van der Waals surface area (Å²) in [5.41, 5.74) is 5.89. The van der Waals surface area contributed by atoms with Crippen LogP contribution in [-0.4, -0.2) is 20.9 Å². The molecule has 0 bridgehead atoms. The molecule has 0 saturated heterocycles. The van der Waals surface area contributed by atoms with E-state index in [0.29, 0.717) is 16.6 Å². The smallest absolute Gasteiger partial charge is 0.338 e. The topological polar surface area (TPSA) is 113 Å². The lowest BCUT2D eigenvalue weighted by Crippen LogP contribution is -2.28. The number of benzene rings is 1. The van der Waals surface area contributed by atoms with Crippen LogP contribution in [0.1, 0.15) is 36.9 Å². The first kappa shape index (κ1) is 20.0. The standard InChI is InChI=1S/C20H19F3N6O/c21-20(22,23)17(25)11-4-6-13(7-5-11)27-18-16-15(8-9-26-19(16)30)29(28-18)14-3-1-2-12(14)10-24/h4-9,12,14,17H,1-3,25H2,(H,26,30)(H,27,28)/t12?,14-,17?/m0/s1. The molecule has 1 aliphatic carbocycles. The second-order valence-corrected chi connectivity index (χ2v) is 7.36. The Morgan fingerprint density at radius 3 is 2.67 bits per heavy atom. The monoisotopic (exact) mass is 416 g/mol. The van der Waals surface area contributed by atoms with Gasteiger partial charge < -0.3 is 16.0 Å². The number of nitriles is 1. The number of alkyl halides is 3.